The van der Waals surface area contributed by atoms with Crippen molar-refractivity contribution in [2.45, 2.75) is 19.3 Å². The lowest BCUT2D eigenvalue weighted by Crippen LogP contribution is -2.19. The number of anilines is 2. The van der Waals surface area contributed by atoms with Crippen LogP contribution in [0.1, 0.15) is 27.9 Å². The molecular formula is C19H18N2O4. The Morgan fingerprint density at radius 3 is 2.60 bits per heavy atom. The van der Waals surface area contributed by atoms with Crippen molar-refractivity contribution in [1.29, 1.82) is 0 Å². The van der Waals surface area contributed by atoms with Crippen LogP contribution in [-0.4, -0.2) is 24.9 Å². The number of esters is 1. The molecule has 0 saturated heterocycles. The van der Waals surface area contributed by atoms with E-state index in [0.29, 0.717) is 24.1 Å². The highest BCUT2D eigenvalue weighted by molar-refractivity contribution is 5.95. The Bertz CT molecular complexity index is 828. The van der Waals surface area contributed by atoms with Crippen LogP contribution >= 0.6 is 0 Å². The van der Waals surface area contributed by atoms with E-state index in [9.17, 15) is 14.4 Å². The standard InChI is InChI=1S/C19H18N2O4/c1-25-19(24)13-3-6-15(7-4-13)20-18(23)11-12-2-8-16-14(10-12)5-9-17(22)21-16/h2-4,6-8,10H,5,9,11H2,1H3,(H,20,23)(H,21,22). The lowest BCUT2D eigenvalue weighted by Gasteiger charge is -2.17. The summed E-state index contributed by atoms with van der Waals surface area (Å²) in [5.74, 6) is -0.543. The van der Waals surface area contributed by atoms with Crippen molar-refractivity contribution in [3.05, 3.63) is 59.2 Å². The highest BCUT2D eigenvalue weighted by Gasteiger charge is 2.15. The molecule has 0 fully saturated rings. The molecule has 2 aromatic carbocycles. The number of nitrogens with one attached hydrogen (secondary N) is 2. The van der Waals surface area contributed by atoms with Crippen molar-refractivity contribution in [3.8, 4) is 0 Å². The Labute approximate surface area is 145 Å². The molecule has 2 amide bonds. The SMILES string of the molecule is COC(=O)c1ccc(NC(=O)Cc2ccc3c(c2)CCC(=O)N3)cc1. The molecule has 0 spiro atoms. The molecule has 2 aromatic rings. The molecule has 0 aromatic heterocycles. The van der Waals surface area contributed by atoms with Crippen LogP contribution in [0.3, 0.4) is 0 Å². The maximum Gasteiger partial charge on any atom is 0.337 e. The Morgan fingerprint density at radius 2 is 1.88 bits per heavy atom. The van der Waals surface area contributed by atoms with E-state index >= 15 is 0 Å². The molecule has 0 bridgehead atoms. The first kappa shape index (κ1) is 16.7. The highest BCUT2D eigenvalue weighted by Crippen LogP contribution is 2.24. The Kier molecular flexibility index (Phi) is 4.79. The van der Waals surface area contributed by atoms with Crippen molar-refractivity contribution in [2.75, 3.05) is 17.7 Å². The van der Waals surface area contributed by atoms with Crippen molar-refractivity contribution < 1.29 is 19.1 Å². The second-order valence-corrected chi connectivity index (χ2v) is 5.83. The van der Waals surface area contributed by atoms with E-state index < -0.39 is 5.97 Å². The molecule has 1 heterocycles. The molecular weight excluding hydrogens is 320 g/mol. The van der Waals surface area contributed by atoms with E-state index in [0.717, 1.165) is 16.8 Å². The van der Waals surface area contributed by atoms with Gasteiger partial charge in [-0.05, 0) is 47.9 Å². The fraction of sp³-hybridized carbons (Fsp3) is 0.211. The number of hydrogen-bond donors (Lipinski definition) is 2. The largest absolute Gasteiger partial charge is 0.465 e. The third-order valence-corrected chi connectivity index (χ3v) is 4.02. The van der Waals surface area contributed by atoms with Crippen LogP contribution in [0.4, 0.5) is 11.4 Å². The van der Waals surface area contributed by atoms with Crippen molar-refractivity contribution in [3.63, 3.8) is 0 Å². The predicted octanol–water partition coefficient (Wildman–Crippen LogP) is 2.54. The van der Waals surface area contributed by atoms with Gasteiger partial charge in [0.25, 0.3) is 0 Å². The Hall–Kier alpha value is -3.15. The molecule has 3 rings (SSSR count). The van der Waals surface area contributed by atoms with E-state index in [4.69, 9.17) is 0 Å². The van der Waals surface area contributed by atoms with Gasteiger partial charge in [0.05, 0.1) is 19.1 Å². The third kappa shape index (κ3) is 4.03. The number of carbonyl (C=O) groups excluding carboxylic acids is 3. The molecule has 2 N–H and O–H groups in total. The van der Waals surface area contributed by atoms with Crippen LogP contribution in [0, 0.1) is 0 Å². The van der Waals surface area contributed by atoms with Gasteiger partial charge in [-0.3, -0.25) is 9.59 Å². The first-order chi connectivity index (χ1) is 12.0. The number of carbonyl (C=O) groups is 3. The predicted molar refractivity (Wildman–Crippen MR) is 93.5 cm³/mol. The first-order valence-corrected chi connectivity index (χ1v) is 7.95. The summed E-state index contributed by atoms with van der Waals surface area (Å²) in [6.45, 7) is 0. The smallest absolute Gasteiger partial charge is 0.337 e. The molecule has 0 aliphatic carbocycles. The van der Waals surface area contributed by atoms with Crippen LogP contribution in [-0.2, 0) is 27.2 Å². The van der Waals surface area contributed by atoms with Crippen LogP contribution in [0.25, 0.3) is 0 Å². The van der Waals surface area contributed by atoms with Crippen LogP contribution in [0.2, 0.25) is 0 Å². The Balaban J connectivity index is 1.63. The maximum atomic E-state index is 12.2. The summed E-state index contributed by atoms with van der Waals surface area (Å²) < 4.78 is 4.64. The monoisotopic (exact) mass is 338 g/mol. The number of fused-ring (bicyclic) bond motifs is 1. The highest BCUT2D eigenvalue weighted by atomic mass is 16.5. The van der Waals surface area contributed by atoms with Gasteiger partial charge in [0.1, 0.15) is 0 Å². The normalized spacial score (nSPS) is 12.8. The van der Waals surface area contributed by atoms with Gasteiger partial charge in [0, 0.05) is 17.8 Å². The third-order valence-electron chi connectivity index (χ3n) is 4.02. The summed E-state index contributed by atoms with van der Waals surface area (Å²) in [5, 5.41) is 5.62. The molecule has 1 aliphatic rings. The van der Waals surface area contributed by atoms with Gasteiger partial charge in [0.15, 0.2) is 0 Å². The average molecular weight is 338 g/mol. The second-order valence-electron chi connectivity index (χ2n) is 5.83. The van der Waals surface area contributed by atoms with E-state index in [2.05, 4.69) is 15.4 Å². The average Bonchev–Trinajstić information content (AvgIpc) is 2.61. The summed E-state index contributed by atoms with van der Waals surface area (Å²) in [5.41, 5.74) is 3.80. The van der Waals surface area contributed by atoms with Gasteiger partial charge >= 0.3 is 5.97 Å². The molecule has 128 valence electrons. The summed E-state index contributed by atoms with van der Waals surface area (Å²) in [6, 6.07) is 12.1. The topological polar surface area (TPSA) is 84.5 Å². The molecule has 0 saturated carbocycles. The van der Waals surface area contributed by atoms with E-state index in [-0.39, 0.29) is 18.2 Å². The van der Waals surface area contributed by atoms with E-state index in [1.54, 1.807) is 24.3 Å². The molecule has 25 heavy (non-hydrogen) atoms. The van der Waals surface area contributed by atoms with E-state index in [1.807, 2.05) is 18.2 Å². The number of amides is 2. The summed E-state index contributed by atoms with van der Waals surface area (Å²) >= 11 is 0. The quantitative estimate of drug-likeness (QED) is 0.839. The zero-order valence-corrected chi connectivity index (χ0v) is 13.8. The number of hydrogen-bond acceptors (Lipinski definition) is 4. The van der Waals surface area contributed by atoms with Gasteiger partial charge in [-0.2, -0.15) is 0 Å². The van der Waals surface area contributed by atoms with E-state index in [1.165, 1.54) is 7.11 Å². The Morgan fingerprint density at radius 1 is 1.12 bits per heavy atom. The fourth-order valence-electron chi connectivity index (χ4n) is 2.74. The fourth-order valence-corrected chi connectivity index (χ4v) is 2.74. The van der Waals surface area contributed by atoms with Crippen LogP contribution in [0.5, 0.6) is 0 Å². The summed E-state index contributed by atoms with van der Waals surface area (Å²) in [7, 11) is 1.32. The minimum Gasteiger partial charge on any atom is -0.465 e. The molecule has 0 radical (unpaired) electrons. The maximum absolute atomic E-state index is 12.2. The van der Waals surface area contributed by atoms with Gasteiger partial charge in [-0.1, -0.05) is 12.1 Å². The number of rotatable bonds is 4. The molecule has 6 heteroatoms. The summed E-state index contributed by atoms with van der Waals surface area (Å²) in [6.07, 6.45) is 1.39. The van der Waals surface area contributed by atoms with Crippen LogP contribution < -0.4 is 10.6 Å². The number of aryl methyl sites for hydroxylation is 1. The van der Waals surface area contributed by atoms with Gasteiger partial charge in [-0.25, -0.2) is 4.79 Å². The molecule has 0 atom stereocenters. The van der Waals surface area contributed by atoms with Crippen LogP contribution in [0.15, 0.2) is 42.5 Å². The number of ether oxygens (including phenoxy) is 1. The van der Waals surface area contributed by atoms with Crippen molar-refractivity contribution in [2.24, 2.45) is 0 Å². The second kappa shape index (κ2) is 7.17. The molecule has 1 aliphatic heterocycles. The number of methoxy groups -OCH3 is 1. The summed E-state index contributed by atoms with van der Waals surface area (Å²) in [4.78, 5) is 35.0. The van der Waals surface area contributed by atoms with Crippen molar-refractivity contribution >= 4 is 29.2 Å². The zero-order valence-electron chi connectivity index (χ0n) is 13.8. The number of benzene rings is 2. The minimum atomic E-state index is -0.418. The van der Waals surface area contributed by atoms with Gasteiger partial charge in [0.2, 0.25) is 11.8 Å². The first-order valence-electron chi connectivity index (χ1n) is 7.95. The minimum absolute atomic E-state index is 0.0217. The van der Waals surface area contributed by atoms with Crippen molar-refractivity contribution in [1.82, 2.24) is 0 Å². The lowest BCUT2D eigenvalue weighted by molar-refractivity contribution is -0.117. The van der Waals surface area contributed by atoms with Gasteiger partial charge < -0.3 is 15.4 Å². The zero-order chi connectivity index (χ0) is 17.8. The molecule has 0 unspecified atom stereocenters. The molecule has 6 nitrogen and oxygen atoms in total. The lowest BCUT2D eigenvalue weighted by atomic mass is 9.99. The van der Waals surface area contributed by atoms with Gasteiger partial charge in [-0.15, -0.1) is 0 Å².